The Bertz CT molecular complexity index is 1380. The van der Waals surface area contributed by atoms with Crippen LogP contribution in [0.3, 0.4) is 0 Å². The van der Waals surface area contributed by atoms with Crippen LogP contribution in [-0.2, 0) is 25.7 Å². The van der Waals surface area contributed by atoms with Crippen LogP contribution in [0.4, 0.5) is 0 Å². The number of aromatic amines is 1. The van der Waals surface area contributed by atoms with Crippen LogP contribution in [0.15, 0.2) is 60.7 Å². The lowest BCUT2D eigenvalue weighted by atomic mass is 9.93. The molecule has 3 amide bonds. The van der Waals surface area contributed by atoms with Crippen LogP contribution in [0.2, 0.25) is 0 Å². The molecule has 40 heavy (non-hydrogen) atoms. The molecule has 0 bridgehead atoms. The number of carbonyl (C=O) groups is 5. The molecule has 1 aromatic heterocycles. The van der Waals surface area contributed by atoms with Gasteiger partial charge < -0.3 is 20.5 Å². The van der Waals surface area contributed by atoms with Crippen LogP contribution in [0.1, 0.15) is 61.0 Å². The Balaban J connectivity index is 1.31. The second-order valence-electron chi connectivity index (χ2n) is 10.7. The zero-order valence-electron chi connectivity index (χ0n) is 22.4. The van der Waals surface area contributed by atoms with Crippen molar-refractivity contribution in [3.05, 3.63) is 71.9 Å². The van der Waals surface area contributed by atoms with Gasteiger partial charge in [0.1, 0.15) is 17.5 Å². The van der Waals surface area contributed by atoms with Gasteiger partial charge in [0, 0.05) is 36.3 Å². The number of piperidine rings is 1. The number of Topliss-reactive ketones (excluding diaryl/α,β-unsaturated/α-hetero) is 2. The van der Waals surface area contributed by atoms with E-state index in [2.05, 4.69) is 15.6 Å². The van der Waals surface area contributed by atoms with Crippen molar-refractivity contribution in [3.63, 3.8) is 0 Å². The summed E-state index contributed by atoms with van der Waals surface area (Å²) in [5.74, 6) is -2.70. The fourth-order valence-electron chi connectivity index (χ4n) is 5.74. The van der Waals surface area contributed by atoms with Crippen molar-refractivity contribution in [3.8, 4) is 0 Å². The molecule has 2 aromatic carbocycles. The Hall–Kier alpha value is -4.27. The average molecular weight is 543 g/mol. The van der Waals surface area contributed by atoms with Crippen molar-refractivity contribution in [1.29, 1.82) is 0 Å². The summed E-state index contributed by atoms with van der Waals surface area (Å²) in [6.45, 7) is 0.577. The zero-order valence-corrected chi connectivity index (χ0v) is 22.4. The average Bonchev–Trinajstić information content (AvgIpc) is 3.61. The smallest absolute Gasteiger partial charge is 0.289 e. The molecule has 1 aliphatic heterocycles. The lowest BCUT2D eigenvalue weighted by Crippen LogP contribution is -2.56. The van der Waals surface area contributed by atoms with Crippen molar-refractivity contribution < 1.29 is 24.0 Å². The second-order valence-corrected chi connectivity index (χ2v) is 10.7. The molecular weight excluding hydrogens is 508 g/mol. The van der Waals surface area contributed by atoms with Gasteiger partial charge >= 0.3 is 0 Å². The van der Waals surface area contributed by atoms with Gasteiger partial charge in [-0.3, -0.25) is 24.0 Å². The molecule has 2 fully saturated rings. The van der Waals surface area contributed by atoms with Crippen LogP contribution in [-0.4, -0.2) is 57.8 Å². The third-order valence-corrected chi connectivity index (χ3v) is 7.93. The van der Waals surface area contributed by atoms with Crippen molar-refractivity contribution in [2.24, 2.45) is 5.92 Å². The molecular formula is C31H34N4O5. The Morgan fingerprint density at radius 1 is 0.950 bits per heavy atom. The molecule has 0 unspecified atom stereocenters. The van der Waals surface area contributed by atoms with Gasteiger partial charge in [-0.15, -0.1) is 0 Å². The largest absolute Gasteiger partial charge is 0.351 e. The number of rotatable bonds is 9. The number of H-pyrrole nitrogens is 1. The van der Waals surface area contributed by atoms with E-state index in [4.69, 9.17) is 0 Å². The van der Waals surface area contributed by atoms with E-state index in [9.17, 15) is 24.0 Å². The maximum absolute atomic E-state index is 13.6. The van der Waals surface area contributed by atoms with Gasteiger partial charge in [-0.25, -0.2) is 0 Å². The van der Waals surface area contributed by atoms with E-state index < -0.39 is 29.7 Å². The molecule has 0 spiro atoms. The van der Waals surface area contributed by atoms with E-state index in [0.29, 0.717) is 31.5 Å². The molecule has 9 heteroatoms. The number of ketones is 2. The summed E-state index contributed by atoms with van der Waals surface area (Å²) in [6.07, 6.45) is 3.83. The summed E-state index contributed by atoms with van der Waals surface area (Å²) in [7, 11) is 0. The first-order valence-corrected chi connectivity index (χ1v) is 14.0. The van der Waals surface area contributed by atoms with Crippen LogP contribution >= 0.6 is 0 Å². The predicted molar refractivity (Wildman–Crippen MR) is 149 cm³/mol. The van der Waals surface area contributed by atoms with Crippen molar-refractivity contribution >= 4 is 40.2 Å². The number of hydrogen-bond acceptors (Lipinski definition) is 5. The molecule has 2 aliphatic rings. The SMILES string of the molecule is O=C(NCc1ccccc1)C(=O)[C@H](C[C@@H]1CCCC1=O)NC(=O)[C@@H]1CCCCN1C(=O)c1cc2ccccc2[nH]1. The first-order valence-electron chi connectivity index (χ1n) is 14.0. The van der Waals surface area contributed by atoms with Crippen LogP contribution in [0.25, 0.3) is 10.9 Å². The van der Waals surface area contributed by atoms with Gasteiger partial charge in [0.2, 0.25) is 11.7 Å². The highest BCUT2D eigenvalue weighted by Gasteiger charge is 2.38. The first-order chi connectivity index (χ1) is 19.4. The van der Waals surface area contributed by atoms with E-state index in [1.165, 1.54) is 0 Å². The van der Waals surface area contributed by atoms with Gasteiger partial charge in [-0.1, -0.05) is 48.5 Å². The number of amides is 3. The summed E-state index contributed by atoms with van der Waals surface area (Å²) < 4.78 is 0. The van der Waals surface area contributed by atoms with E-state index in [-0.39, 0.29) is 30.6 Å². The molecule has 1 saturated heterocycles. The highest BCUT2D eigenvalue weighted by molar-refractivity contribution is 6.38. The Morgan fingerprint density at radius 2 is 1.73 bits per heavy atom. The maximum Gasteiger partial charge on any atom is 0.289 e. The van der Waals surface area contributed by atoms with Crippen molar-refractivity contribution in [2.45, 2.75) is 63.6 Å². The zero-order chi connectivity index (χ0) is 28.1. The minimum Gasteiger partial charge on any atom is -0.351 e. The summed E-state index contributed by atoms with van der Waals surface area (Å²) in [4.78, 5) is 70.3. The highest BCUT2D eigenvalue weighted by atomic mass is 16.2. The maximum atomic E-state index is 13.6. The number of hydrogen-bond donors (Lipinski definition) is 3. The molecule has 208 valence electrons. The van der Waals surface area contributed by atoms with Gasteiger partial charge in [0.05, 0.1) is 6.04 Å². The molecule has 5 rings (SSSR count). The number of benzene rings is 2. The number of carbonyl (C=O) groups excluding carboxylic acids is 5. The lowest BCUT2D eigenvalue weighted by molar-refractivity contribution is -0.141. The number of nitrogens with one attached hydrogen (secondary N) is 3. The first kappa shape index (κ1) is 27.3. The predicted octanol–water partition coefficient (Wildman–Crippen LogP) is 3.29. The minimum absolute atomic E-state index is 0.0463. The molecule has 2 heterocycles. The summed E-state index contributed by atoms with van der Waals surface area (Å²) in [6, 6.07) is 16.6. The molecule has 1 aliphatic carbocycles. The van der Waals surface area contributed by atoms with Crippen molar-refractivity contribution in [1.82, 2.24) is 20.5 Å². The molecule has 9 nitrogen and oxygen atoms in total. The highest BCUT2D eigenvalue weighted by Crippen LogP contribution is 2.27. The third kappa shape index (κ3) is 6.14. The Kier molecular flexibility index (Phi) is 8.38. The molecule has 1 saturated carbocycles. The fraction of sp³-hybridized carbons (Fsp3) is 0.387. The Labute approximate surface area is 232 Å². The van der Waals surface area contributed by atoms with Crippen LogP contribution in [0, 0.1) is 5.92 Å². The minimum atomic E-state index is -1.15. The fourth-order valence-corrected chi connectivity index (χ4v) is 5.74. The molecule has 3 N–H and O–H groups in total. The van der Waals surface area contributed by atoms with E-state index in [1.54, 1.807) is 11.0 Å². The van der Waals surface area contributed by atoms with Crippen molar-refractivity contribution in [2.75, 3.05) is 6.54 Å². The van der Waals surface area contributed by atoms with Crippen LogP contribution in [0.5, 0.6) is 0 Å². The van der Waals surface area contributed by atoms with Crippen LogP contribution < -0.4 is 10.6 Å². The summed E-state index contributed by atoms with van der Waals surface area (Å²) >= 11 is 0. The Morgan fingerprint density at radius 3 is 2.48 bits per heavy atom. The quantitative estimate of drug-likeness (QED) is 0.358. The summed E-state index contributed by atoms with van der Waals surface area (Å²) in [5.41, 5.74) is 2.06. The van der Waals surface area contributed by atoms with Gasteiger partial charge in [0.15, 0.2) is 0 Å². The lowest BCUT2D eigenvalue weighted by Gasteiger charge is -2.35. The standard InChI is InChI=1S/C31H34N4O5/c36-27-15-8-12-22(27)18-24(28(37)30(39)32-19-20-9-2-1-3-10-20)34-29(38)26-14-6-7-16-35(26)31(40)25-17-21-11-4-5-13-23(21)33-25/h1-5,9-11,13,17,22,24,26,33H,6-8,12,14-16,18-19H2,(H,32,39)(H,34,38)/t22-,24-,26-/m0/s1. The second kappa shape index (κ2) is 12.3. The van der Waals surface area contributed by atoms with Gasteiger partial charge in [-0.05, 0) is 56.2 Å². The molecule has 3 atom stereocenters. The topological polar surface area (TPSA) is 128 Å². The normalized spacial score (nSPS) is 19.8. The van der Waals surface area contributed by atoms with E-state index in [0.717, 1.165) is 35.7 Å². The molecule has 3 aromatic rings. The number of fused-ring (bicyclic) bond motifs is 1. The van der Waals surface area contributed by atoms with E-state index in [1.807, 2.05) is 54.6 Å². The van der Waals surface area contributed by atoms with E-state index >= 15 is 0 Å². The van der Waals surface area contributed by atoms with Gasteiger partial charge in [-0.2, -0.15) is 0 Å². The summed E-state index contributed by atoms with van der Waals surface area (Å²) in [5, 5.41) is 6.31. The number of aromatic nitrogens is 1. The number of nitrogens with zero attached hydrogens (tertiary/aromatic N) is 1. The number of para-hydroxylation sites is 1. The van der Waals surface area contributed by atoms with Gasteiger partial charge in [0.25, 0.3) is 11.8 Å². The number of likely N-dealkylation sites (tertiary alicyclic amines) is 1. The molecule has 0 radical (unpaired) electrons. The monoisotopic (exact) mass is 542 g/mol. The third-order valence-electron chi connectivity index (χ3n) is 7.93.